The number of rotatable bonds is 11. The minimum atomic E-state index is -0.920. The highest BCUT2D eigenvalue weighted by atomic mass is 16.5. The van der Waals surface area contributed by atoms with Crippen molar-refractivity contribution in [3.05, 3.63) is 41.1 Å². The van der Waals surface area contributed by atoms with Crippen LogP contribution in [0.2, 0.25) is 0 Å². The largest absolute Gasteiger partial charge is 0.490 e. The SMILES string of the molecule is CCc1cc(-c2noc(-c3cc(CCC(C)C)nc(OC)c3)n2)cc(C)c1OCC(O)CO. The monoisotopic (exact) mass is 455 g/mol. The summed E-state index contributed by atoms with van der Waals surface area (Å²) in [5.41, 5.74) is 4.36. The molecule has 0 spiro atoms. The summed E-state index contributed by atoms with van der Waals surface area (Å²) in [6.45, 7) is 8.00. The number of aryl methyl sites for hydroxylation is 3. The molecule has 1 atom stereocenters. The topological polar surface area (TPSA) is 111 Å². The van der Waals surface area contributed by atoms with Crippen molar-refractivity contribution >= 4 is 0 Å². The molecule has 0 saturated heterocycles. The summed E-state index contributed by atoms with van der Waals surface area (Å²) >= 11 is 0. The maximum absolute atomic E-state index is 9.61. The quantitative estimate of drug-likeness (QED) is 0.446. The van der Waals surface area contributed by atoms with Gasteiger partial charge in [-0.2, -0.15) is 4.98 Å². The van der Waals surface area contributed by atoms with E-state index >= 15 is 0 Å². The Bertz CT molecular complexity index is 1060. The van der Waals surface area contributed by atoms with Crippen molar-refractivity contribution in [3.8, 4) is 34.5 Å². The first kappa shape index (κ1) is 24.7. The zero-order valence-electron chi connectivity index (χ0n) is 20.0. The van der Waals surface area contributed by atoms with Crippen molar-refractivity contribution in [2.24, 2.45) is 5.92 Å². The third-order valence-electron chi connectivity index (χ3n) is 5.34. The maximum atomic E-state index is 9.61. The molecule has 0 saturated carbocycles. The minimum Gasteiger partial charge on any atom is -0.490 e. The number of nitrogens with zero attached hydrogens (tertiary/aromatic N) is 3. The summed E-state index contributed by atoms with van der Waals surface area (Å²) in [6.07, 6.45) is 1.67. The summed E-state index contributed by atoms with van der Waals surface area (Å²) in [4.78, 5) is 9.16. The molecule has 0 aliphatic rings. The lowest BCUT2D eigenvalue weighted by atomic mass is 10.0. The molecule has 3 rings (SSSR count). The summed E-state index contributed by atoms with van der Waals surface area (Å²) in [6, 6.07) is 7.65. The van der Waals surface area contributed by atoms with Gasteiger partial charge >= 0.3 is 0 Å². The van der Waals surface area contributed by atoms with Gasteiger partial charge in [0.05, 0.1) is 13.7 Å². The molecule has 0 amide bonds. The third kappa shape index (κ3) is 6.30. The fourth-order valence-corrected chi connectivity index (χ4v) is 3.49. The average Bonchev–Trinajstić information content (AvgIpc) is 3.31. The first-order valence-corrected chi connectivity index (χ1v) is 11.3. The number of benzene rings is 1. The van der Waals surface area contributed by atoms with Crippen molar-refractivity contribution in [2.45, 2.75) is 53.1 Å². The molecule has 1 aromatic carbocycles. The molecule has 0 aliphatic carbocycles. The van der Waals surface area contributed by atoms with Gasteiger partial charge in [-0.15, -0.1) is 0 Å². The highest BCUT2D eigenvalue weighted by Gasteiger charge is 2.17. The van der Waals surface area contributed by atoms with Crippen molar-refractivity contribution < 1.29 is 24.2 Å². The molecule has 33 heavy (non-hydrogen) atoms. The molecule has 3 aromatic rings. The normalized spacial score (nSPS) is 12.2. The van der Waals surface area contributed by atoms with Crippen LogP contribution < -0.4 is 9.47 Å². The van der Waals surface area contributed by atoms with Crippen molar-refractivity contribution in [2.75, 3.05) is 20.3 Å². The van der Waals surface area contributed by atoms with Crippen LogP contribution in [0.15, 0.2) is 28.8 Å². The van der Waals surface area contributed by atoms with E-state index in [1.54, 1.807) is 13.2 Å². The number of pyridine rings is 1. The van der Waals surface area contributed by atoms with Gasteiger partial charge < -0.3 is 24.2 Å². The number of aliphatic hydroxyl groups excluding tert-OH is 2. The number of methoxy groups -OCH3 is 1. The fourth-order valence-electron chi connectivity index (χ4n) is 3.49. The van der Waals surface area contributed by atoms with Crippen LogP contribution in [0.4, 0.5) is 0 Å². The van der Waals surface area contributed by atoms with Crippen molar-refractivity contribution in [1.29, 1.82) is 0 Å². The van der Waals surface area contributed by atoms with Crippen LogP contribution in [0, 0.1) is 12.8 Å². The van der Waals surface area contributed by atoms with Gasteiger partial charge in [-0.3, -0.25) is 0 Å². The van der Waals surface area contributed by atoms with Crippen molar-refractivity contribution in [1.82, 2.24) is 15.1 Å². The lowest BCUT2D eigenvalue weighted by Gasteiger charge is -2.16. The molecular weight excluding hydrogens is 422 g/mol. The second-order valence-corrected chi connectivity index (χ2v) is 8.53. The van der Waals surface area contributed by atoms with Crippen molar-refractivity contribution in [3.63, 3.8) is 0 Å². The van der Waals surface area contributed by atoms with E-state index in [9.17, 15) is 5.11 Å². The van der Waals surface area contributed by atoms with Crippen LogP contribution in [-0.4, -0.2) is 51.8 Å². The Morgan fingerprint density at radius 1 is 1.09 bits per heavy atom. The standard InChI is InChI=1S/C25H33N3O5/c1-6-17-10-18(9-16(4)23(17)32-14-21(30)13-29)24-27-25(33-28-24)19-11-20(8-7-15(2)3)26-22(12-19)31-5/h9-12,15,21,29-30H,6-8,13-14H2,1-5H3. The average molecular weight is 456 g/mol. The maximum Gasteiger partial charge on any atom is 0.258 e. The Morgan fingerprint density at radius 3 is 2.55 bits per heavy atom. The predicted molar refractivity (Wildman–Crippen MR) is 125 cm³/mol. The number of aromatic nitrogens is 3. The molecule has 2 aromatic heterocycles. The molecule has 8 heteroatoms. The zero-order valence-corrected chi connectivity index (χ0v) is 20.0. The molecule has 0 aliphatic heterocycles. The van der Waals surface area contributed by atoms with Crippen LogP contribution in [0.5, 0.6) is 11.6 Å². The summed E-state index contributed by atoms with van der Waals surface area (Å²) < 4.78 is 16.7. The van der Waals surface area contributed by atoms with Gasteiger partial charge in [0.1, 0.15) is 18.5 Å². The van der Waals surface area contributed by atoms with E-state index in [-0.39, 0.29) is 13.2 Å². The molecule has 0 bridgehead atoms. The molecule has 2 heterocycles. The molecule has 178 valence electrons. The number of ether oxygens (including phenoxy) is 2. The number of hydrogen-bond donors (Lipinski definition) is 2. The first-order chi connectivity index (χ1) is 15.8. The molecule has 8 nitrogen and oxygen atoms in total. The molecule has 0 fully saturated rings. The van der Waals surface area contributed by atoms with Gasteiger partial charge in [0.15, 0.2) is 0 Å². The van der Waals surface area contributed by atoms with Gasteiger partial charge in [-0.1, -0.05) is 25.9 Å². The Hall–Kier alpha value is -2.97. The Kier molecular flexibility index (Phi) is 8.41. The van der Waals surface area contributed by atoms with Crippen LogP contribution in [0.3, 0.4) is 0 Å². The van der Waals surface area contributed by atoms with E-state index in [0.29, 0.717) is 29.3 Å². The van der Waals surface area contributed by atoms with E-state index in [4.69, 9.17) is 19.1 Å². The second kappa shape index (κ2) is 11.2. The van der Waals surface area contributed by atoms with E-state index in [2.05, 4.69) is 29.0 Å². The molecule has 2 N–H and O–H groups in total. The van der Waals surface area contributed by atoms with E-state index in [0.717, 1.165) is 47.2 Å². The number of aliphatic hydroxyl groups is 2. The number of hydrogen-bond acceptors (Lipinski definition) is 8. The van der Waals surface area contributed by atoms with E-state index in [1.807, 2.05) is 32.0 Å². The predicted octanol–water partition coefficient (Wildman–Crippen LogP) is 4.00. The Labute approximate surface area is 194 Å². The summed E-state index contributed by atoms with van der Waals surface area (Å²) in [5, 5.41) is 22.8. The Balaban J connectivity index is 1.89. The van der Waals surface area contributed by atoms with Crippen LogP contribution in [0.25, 0.3) is 22.8 Å². The highest BCUT2D eigenvalue weighted by molar-refractivity contribution is 5.64. The summed E-state index contributed by atoms with van der Waals surface area (Å²) in [7, 11) is 1.59. The van der Waals surface area contributed by atoms with Crippen LogP contribution in [0.1, 0.15) is 44.0 Å². The van der Waals surface area contributed by atoms with E-state index < -0.39 is 6.10 Å². The van der Waals surface area contributed by atoms with Gasteiger partial charge in [-0.05, 0) is 61.4 Å². The third-order valence-corrected chi connectivity index (χ3v) is 5.34. The smallest absolute Gasteiger partial charge is 0.258 e. The van der Waals surface area contributed by atoms with Crippen LogP contribution in [-0.2, 0) is 12.8 Å². The fraction of sp³-hybridized carbons (Fsp3) is 0.480. The Morgan fingerprint density at radius 2 is 1.88 bits per heavy atom. The van der Waals surface area contributed by atoms with Gasteiger partial charge in [0.25, 0.3) is 5.89 Å². The molecule has 1 unspecified atom stereocenters. The first-order valence-electron chi connectivity index (χ1n) is 11.3. The van der Waals surface area contributed by atoms with Crippen LogP contribution >= 0.6 is 0 Å². The minimum absolute atomic E-state index is 0.0268. The van der Waals surface area contributed by atoms with E-state index in [1.165, 1.54) is 0 Å². The molecule has 0 radical (unpaired) electrons. The lowest BCUT2D eigenvalue weighted by molar-refractivity contribution is 0.0531. The summed E-state index contributed by atoms with van der Waals surface area (Å²) in [5.74, 6) is 2.67. The zero-order chi connectivity index (χ0) is 24.0. The lowest BCUT2D eigenvalue weighted by Crippen LogP contribution is -2.22. The van der Waals surface area contributed by atoms with Gasteiger partial charge in [-0.25, -0.2) is 4.98 Å². The second-order valence-electron chi connectivity index (χ2n) is 8.53. The molecular formula is C25H33N3O5. The van der Waals surface area contributed by atoms with Gasteiger partial charge in [0, 0.05) is 22.9 Å². The highest BCUT2D eigenvalue weighted by Crippen LogP contribution is 2.32. The van der Waals surface area contributed by atoms with Gasteiger partial charge in [0.2, 0.25) is 11.7 Å².